The Morgan fingerprint density at radius 1 is 1.06 bits per heavy atom. The molecule has 0 radical (unpaired) electrons. The van der Waals surface area contributed by atoms with Gasteiger partial charge in [0.05, 0.1) is 6.20 Å². The standard InChI is InChI=1S/C27H35N5O2S/c1-19(2)20-8-10-21(11-9-20)23-18-28-24(34-23)12-13-25(33)31-14-16-32(17-15-31)27-30-29-26(35-27)22-6-4-3-5-7-22/h8-11,18-19,22H,3-7,12-17H2,1-2H3. The highest BCUT2D eigenvalue weighted by atomic mass is 32.1. The molecule has 1 aliphatic heterocycles. The predicted molar refractivity (Wildman–Crippen MR) is 139 cm³/mol. The van der Waals surface area contributed by atoms with Crippen LogP contribution in [0, 0.1) is 0 Å². The summed E-state index contributed by atoms with van der Waals surface area (Å²) in [5, 5.41) is 11.2. The first-order valence-corrected chi connectivity index (χ1v) is 13.8. The molecule has 186 valence electrons. The van der Waals surface area contributed by atoms with Gasteiger partial charge in [0.25, 0.3) is 0 Å². The van der Waals surface area contributed by atoms with E-state index in [9.17, 15) is 4.79 Å². The molecule has 0 atom stereocenters. The molecule has 1 saturated carbocycles. The summed E-state index contributed by atoms with van der Waals surface area (Å²) in [7, 11) is 0. The van der Waals surface area contributed by atoms with Gasteiger partial charge in [-0.3, -0.25) is 4.79 Å². The van der Waals surface area contributed by atoms with E-state index in [0.717, 1.165) is 42.6 Å². The van der Waals surface area contributed by atoms with E-state index in [1.807, 2.05) is 4.90 Å². The molecule has 0 unspecified atom stereocenters. The van der Waals surface area contributed by atoms with Crippen LogP contribution in [-0.2, 0) is 11.2 Å². The van der Waals surface area contributed by atoms with Crippen molar-refractivity contribution in [1.29, 1.82) is 0 Å². The molecule has 1 aromatic carbocycles. The molecule has 0 N–H and O–H groups in total. The monoisotopic (exact) mass is 493 g/mol. The van der Waals surface area contributed by atoms with E-state index in [0.29, 0.717) is 30.6 Å². The van der Waals surface area contributed by atoms with E-state index in [2.05, 4.69) is 58.2 Å². The lowest BCUT2D eigenvalue weighted by molar-refractivity contribution is -0.131. The van der Waals surface area contributed by atoms with Gasteiger partial charge in [0.1, 0.15) is 5.01 Å². The Morgan fingerprint density at radius 2 is 1.80 bits per heavy atom. The fraction of sp³-hybridized carbons (Fsp3) is 0.556. The SMILES string of the molecule is CC(C)c1ccc(-c2cnc(CCC(=O)N3CCN(c4nnc(C5CCCCC5)s4)CC3)o2)cc1. The number of aromatic nitrogens is 3. The number of rotatable bonds is 7. The van der Waals surface area contributed by atoms with Crippen molar-refractivity contribution in [3.63, 3.8) is 0 Å². The fourth-order valence-corrected chi connectivity index (χ4v) is 6.04. The van der Waals surface area contributed by atoms with E-state index in [1.54, 1.807) is 17.5 Å². The number of anilines is 1. The number of nitrogens with zero attached hydrogens (tertiary/aromatic N) is 5. The average Bonchev–Trinajstić information content (AvgIpc) is 3.58. The normalized spacial score (nSPS) is 17.3. The molecule has 3 aromatic rings. The van der Waals surface area contributed by atoms with Crippen molar-refractivity contribution in [3.05, 3.63) is 46.9 Å². The number of amides is 1. The molecule has 2 aliphatic rings. The third-order valence-electron chi connectivity index (χ3n) is 7.26. The Labute approximate surface area is 211 Å². The van der Waals surface area contributed by atoms with Gasteiger partial charge in [-0.05, 0) is 24.3 Å². The van der Waals surface area contributed by atoms with E-state index in [4.69, 9.17) is 4.42 Å². The van der Waals surface area contributed by atoms with Crippen molar-refractivity contribution >= 4 is 22.4 Å². The lowest BCUT2D eigenvalue weighted by atomic mass is 9.90. The van der Waals surface area contributed by atoms with Gasteiger partial charge >= 0.3 is 0 Å². The van der Waals surface area contributed by atoms with Crippen LogP contribution in [0.4, 0.5) is 5.13 Å². The quantitative estimate of drug-likeness (QED) is 0.424. The number of carbonyl (C=O) groups is 1. The summed E-state index contributed by atoms with van der Waals surface area (Å²) in [5.41, 5.74) is 2.31. The maximum absolute atomic E-state index is 12.8. The second-order valence-electron chi connectivity index (χ2n) is 10.0. The van der Waals surface area contributed by atoms with E-state index in [1.165, 1.54) is 42.7 Å². The molecule has 1 amide bonds. The van der Waals surface area contributed by atoms with Gasteiger partial charge in [-0.2, -0.15) is 0 Å². The third kappa shape index (κ3) is 5.74. The summed E-state index contributed by atoms with van der Waals surface area (Å²) < 4.78 is 5.93. The molecule has 0 spiro atoms. The van der Waals surface area contributed by atoms with Gasteiger partial charge in [0, 0.05) is 50.5 Å². The highest BCUT2D eigenvalue weighted by Gasteiger charge is 2.25. The lowest BCUT2D eigenvalue weighted by Gasteiger charge is -2.34. The molecule has 0 bridgehead atoms. The van der Waals surface area contributed by atoms with Crippen molar-refractivity contribution in [2.75, 3.05) is 31.1 Å². The topological polar surface area (TPSA) is 75.4 Å². The molecule has 5 rings (SSSR count). The summed E-state index contributed by atoms with van der Waals surface area (Å²) >= 11 is 1.75. The van der Waals surface area contributed by atoms with Crippen LogP contribution >= 0.6 is 11.3 Å². The van der Waals surface area contributed by atoms with Gasteiger partial charge in [-0.25, -0.2) is 4.98 Å². The van der Waals surface area contributed by atoms with Crippen molar-refractivity contribution < 1.29 is 9.21 Å². The van der Waals surface area contributed by atoms with Crippen LogP contribution in [0.3, 0.4) is 0 Å². The summed E-state index contributed by atoms with van der Waals surface area (Å²) in [6.45, 7) is 7.42. The van der Waals surface area contributed by atoms with Crippen LogP contribution in [0.5, 0.6) is 0 Å². The zero-order valence-corrected chi connectivity index (χ0v) is 21.6. The first-order chi connectivity index (χ1) is 17.1. The first kappa shape index (κ1) is 24.0. The minimum absolute atomic E-state index is 0.158. The zero-order valence-electron chi connectivity index (χ0n) is 20.8. The van der Waals surface area contributed by atoms with E-state index >= 15 is 0 Å². The highest BCUT2D eigenvalue weighted by Crippen LogP contribution is 2.36. The average molecular weight is 494 g/mol. The van der Waals surface area contributed by atoms with Crippen LogP contribution in [0.25, 0.3) is 11.3 Å². The number of hydrogen-bond acceptors (Lipinski definition) is 7. The van der Waals surface area contributed by atoms with Gasteiger partial charge in [0.2, 0.25) is 11.0 Å². The molecule has 35 heavy (non-hydrogen) atoms. The summed E-state index contributed by atoms with van der Waals surface area (Å²) in [4.78, 5) is 21.4. The Bertz CT molecular complexity index is 1110. The summed E-state index contributed by atoms with van der Waals surface area (Å²) in [6, 6.07) is 8.40. The number of benzene rings is 1. The molecule has 2 fully saturated rings. The van der Waals surface area contributed by atoms with Gasteiger partial charge in [0.15, 0.2) is 11.7 Å². The predicted octanol–water partition coefficient (Wildman–Crippen LogP) is 5.65. The largest absolute Gasteiger partial charge is 0.441 e. The molecule has 1 aliphatic carbocycles. The second kappa shape index (κ2) is 10.9. The van der Waals surface area contributed by atoms with Gasteiger partial charge in [-0.1, -0.05) is 68.7 Å². The van der Waals surface area contributed by atoms with Crippen molar-refractivity contribution in [3.8, 4) is 11.3 Å². The van der Waals surface area contributed by atoms with Crippen molar-refractivity contribution in [1.82, 2.24) is 20.1 Å². The fourth-order valence-electron chi connectivity index (χ4n) is 4.98. The smallest absolute Gasteiger partial charge is 0.223 e. The Hall–Kier alpha value is -2.74. The maximum atomic E-state index is 12.8. The summed E-state index contributed by atoms with van der Waals surface area (Å²) in [6.07, 6.45) is 9.14. The van der Waals surface area contributed by atoms with Crippen LogP contribution in [-0.4, -0.2) is 52.2 Å². The number of carbonyl (C=O) groups excluding carboxylic acids is 1. The maximum Gasteiger partial charge on any atom is 0.223 e. The highest BCUT2D eigenvalue weighted by molar-refractivity contribution is 7.15. The van der Waals surface area contributed by atoms with Crippen molar-refractivity contribution in [2.45, 2.75) is 70.6 Å². The molecule has 2 aromatic heterocycles. The molecular formula is C27H35N5O2S. The molecule has 3 heterocycles. The molecule has 7 nitrogen and oxygen atoms in total. The van der Waals surface area contributed by atoms with E-state index < -0.39 is 0 Å². The summed E-state index contributed by atoms with van der Waals surface area (Å²) in [5.74, 6) is 2.61. The minimum atomic E-state index is 0.158. The minimum Gasteiger partial charge on any atom is -0.441 e. The molecular weight excluding hydrogens is 458 g/mol. The Balaban J connectivity index is 1.09. The second-order valence-corrected chi connectivity index (χ2v) is 11.0. The van der Waals surface area contributed by atoms with E-state index in [-0.39, 0.29) is 5.91 Å². The van der Waals surface area contributed by atoms with Crippen LogP contribution < -0.4 is 4.90 Å². The number of aryl methyl sites for hydroxylation is 1. The molecule has 8 heteroatoms. The van der Waals surface area contributed by atoms with Gasteiger partial charge in [-0.15, -0.1) is 10.2 Å². The first-order valence-electron chi connectivity index (χ1n) is 13.0. The zero-order chi connectivity index (χ0) is 24.2. The Kier molecular flexibility index (Phi) is 7.46. The third-order valence-corrected chi connectivity index (χ3v) is 8.40. The van der Waals surface area contributed by atoms with Crippen molar-refractivity contribution in [2.24, 2.45) is 0 Å². The number of hydrogen-bond donors (Lipinski definition) is 0. The number of piperazine rings is 1. The van der Waals surface area contributed by atoms with Crippen LogP contribution in [0.15, 0.2) is 34.9 Å². The van der Waals surface area contributed by atoms with Gasteiger partial charge < -0.3 is 14.2 Å². The molecule has 1 saturated heterocycles. The lowest BCUT2D eigenvalue weighted by Crippen LogP contribution is -2.48. The number of oxazole rings is 1. The Morgan fingerprint density at radius 3 is 2.51 bits per heavy atom. The van der Waals surface area contributed by atoms with Crippen LogP contribution in [0.2, 0.25) is 0 Å². The van der Waals surface area contributed by atoms with Crippen LogP contribution in [0.1, 0.15) is 80.7 Å².